The summed E-state index contributed by atoms with van der Waals surface area (Å²) in [5.41, 5.74) is 2.95. The molecule has 3 aromatic carbocycles. The molecule has 1 aliphatic heterocycles. The summed E-state index contributed by atoms with van der Waals surface area (Å²) in [5.74, 6) is -0.713. The zero-order valence-electron chi connectivity index (χ0n) is 23.4. The number of amides is 2. The van der Waals surface area contributed by atoms with Crippen molar-refractivity contribution in [3.8, 4) is 11.5 Å². The topological polar surface area (TPSA) is 138 Å². The maximum atomic E-state index is 13.3. The largest absolute Gasteiger partial charge is 0.481 e. The fraction of sp³-hybridized carbons (Fsp3) is 0.290. The molecule has 4 rings (SSSR count). The molecule has 10 nitrogen and oxygen atoms in total. The van der Waals surface area contributed by atoms with Gasteiger partial charge in [-0.25, -0.2) is 0 Å². The molecule has 2 atom stereocenters. The van der Waals surface area contributed by atoms with E-state index in [0.717, 1.165) is 16.9 Å². The average molecular weight is 591 g/mol. The number of para-hydroxylation sites is 1. The van der Waals surface area contributed by atoms with Gasteiger partial charge in [-0.05, 0) is 72.1 Å². The van der Waals surface area contributed by atoms with Crippen molar-refractivity contribution in [1.29, 1.82) is 0 Å². The maximum absolute atomic E-state index is 13.3. The van der Waals surface area contributed by atoms with Gasteiger partial charge in [0.15, 0.2) is 16.6 Å². The molecular weight excluding hydrogens is 556 g/mol. The van der Waals surface area contributed by atoms with Gasteiger partial charge in [-0.2, -0.15) is 0 Å². The summed E-state index contributed by atoms with van der Waals surface area (Å²) < 4.78 is 10.7. The van der Waals surface area contributed by atoms with E-state index in [4.69, 9.17) is 21.7 Å². The molecule has 0 saturated carbocycles. The zero-order chi connectivity index (χ0) is 30.1. The highest BCUT2D eigenvalue weighted by atomic mass is 32.1. The Labute approximate surface area is 249 Å². The number of hydrogen-bond donors (Lipinski definition) is 5. The molecule has 1 aliphatic rings. The normalized spacial score (nSPS) is 13.1. The third kappa shape index (κ3) is 8.93. The van der Waals surface area contributed by atoms with Gasteiger partial charge in [-0.1, -0.05) is 50.2 Å². The standard InChI is InChI=1S/C31H34N4O6S/c1-19(2)14-25(30(39)35-24(17-29(37)38)21-10-13-26-27(16-21)41-18-40-26)34-28(36)15-20-8-11-23(12-9-20)33-31(42)32-22-6-4-3-5-7-22/h3-13,16,19,24-25H,14-15,17-18H2,1-2H3,(H,34,36)(H,35,39)(H,37,38)(H2,32,33,42)/t24-,25-/m0/s1. The summed E-state index contributed by atoms with van der Waals surface area (Å²) in [7, 11) is 0. The van der Waals surface area contributed by atoms with Crippen molar-refractivity contribution in [3.63, 3.8) is 0 Å². The van der Waals surface area contributed by atoms with Crippen LogP contribution in [0.4, 0.5) is 11.4 Å². The van der Waals surface area contributed by atoms with Gasteiger partial charge in [-0.3, -0.25) is 14.4 Å². The Morgan fingerprint density at radius 3 is 2.21 bits per heavy atom. The van der Waals surface area contributed by atoms with E-state index in [1.807, 2.05) is 68.4 Å². The molecule has 0 radical (unpaired) electrons. The highest BCUT2D eigenvalue weighted by Crippen LogP contribution is 2.35. The Kier molecular flexibility index (Phi) is 10.3. The monoisotopic (exact) mass is 590 g/mol. The molecule has 0 aliphatic carbocycles. The van der Waals surface area contributed by atoms with Crippen LogP contribution >= 0.6 is 12.2 Å². The number of aliphatic carboxylic acids is 1. The molecule has 0 spiro atoms. The van der Waals surface area contributed by atoms with E-state index >= 15 is 0 Å². The number of carboxylic acids is 1. The lowest BCUT2D eigenvalue weighted by Gasteiger charge is -2.24. The second-order valence-corrected chi connectivity index (χ2v) is 10.7. The van der Waals surface area contributed by atoms with Crippen LogP contribution in [-0.2, 0) is 20.8 Å². The Morgan fingerprint density at radius 1 is 0.881 bits per heavy atom. The van der Waals surface area contributed by atoms with E-state index in [1.54, 1.807) is 18.2 Å². The summed E-state index contributed by atoms with van der Waals surface area (Å²) in [5, 5.41) is 21.8. The zero-order valence-corrected chi connectivity index (χ0v) is 24.2. The van der Waals surface area contributed by atoms with Crippen molar-refractivity contribution in [3.05, 3.63) is 83.9 Å². The second kappa shape index (κ2) is 14.3. The predicted molar refractivity (Wildman–Crippen MR) is 164 cm³/mol. The number of carbonyl (C=O) groups excluding carboxylic acids is 2. The molecule has 0 bridgehead atoms. The molecular formula is C31H34N4O6S. The van der Waals surface area contributed by atoms with Crippen LogP contribution in [-0.4, -0.2) is 40.8 Å². The maximum Gasteiger partial charge on any atom is 0.305 e. The number of thiocarbonyl (C=S) groups is 1. The predicted octanol–water partition coefficient (Wildman–Crippen LogP) is 4.63. The number of benzene rings is 3. The van der Waals surface area contributed by atoms with Gasteiger partial charge in [0.05, 0.1) is 18.9 Å². The number of anilines is 2. The van der Waals surface area contributed by atoms with Gasteiger partial charge in [0.25, 0.3) is 0 Å². The van der Waals surface area contributed by atoms with Crippen molar-refractivity contribution in [2.45, 2.75) is 45.2 Å². The first-order valence-electron chi connectivity index (χ1n) is 13.6. The minimum absolute atomic E-state index is 0.0651. The smallest absolute Gasteiger partial charge is 0.305 e. The SMILES string of the molecule is CC(C)C[C@H](NC(=O)Cc1ccc(NC(=S)Nc2ccccc2)cc1)C(=O)N[C@@H](CC(=O)O)c1ccc2c(c1)OCO2. The highest BCUT2D eigenvalue weighted by molar-refractivity contribution is 7.80. The van der Waals surface area contributed by atoms with E-state index in [-0.39, 0.29) is 31.5 Å². The summed E-state index contributed by atoms with van der Waals surface area (Å²) in [6.07, 6.45) is 0.112. The molecule has 220 valence electrons. The van der Waals surface area contributed by atoms with Crippen molar-refractivity contribution in [2.75, 3.05) is 17.4 Å². The van der Waals surface area contributed by atoms with E-state index in [2.05, 4.69) is 21.3 Å². The van der Waals surface area contributed by atoms with Crippen LogP contribution in [0.25, 0.3) is 0 Å². The minimum atomic E-state index is -1.07. The molecule has 1 heterocycles. The lowest BCUT2D eigenvalue weighted by atomic mass is 9.99. The number of ether oxygens (including phenoxy) is 2. The van der Waals surface area contributed by atoms with Crippen LogP contribution in [0.15, 0.2) is 72.8 Å². The number of carboxylic acid groups (broad SMARTS) is 1. The van der Waals surface area contributed by atoms with Gasteiger partial charge in [0.1, 0.15) is 6.04 Å². The Morgan fingerprint density at radius 2 is 1.55 bits per heavy atom. The molecule has 0 unspecified atom stereocenters. The summed E-state index contributed by atoms with van der Waals surface area (Å²) >= 11 is 5.36. The van der Waals surface area contributed by atoms with Crippen LogP contribution in [0.5, 0.6) is 11.5 Å². The van der Waals surface area contributed by atoms with Crippen LogP contribution in [0.2, 0.25) is 0 Å². The first kappa shape index (κ1) is 30.3. The lowest BCUT2D eigenvalue weighted by Crippen LogP contribution is -2.49. The molecule has 2 amide bonds. The first-order valence-corrected chi connectivity index (χ1v) is 14.0. The Hall–Kier alpha value is -4.64. The van der Waals surface area contributed by atoms with Gasteiger partial charge < -0.3 is 35.8 Å². The third-order valence-corrected chi connectivity index (χ3v) is 6.67. The number of hydrogen-bond acceptors (Lipinski definition) is 6. The number of fused-ring (bicyclic) bond motifs is 1. The Balaban J connectivity index is 1.36. The van der Waals surface area contributed by atoms with Crippen LogP contribution in [0.1, 0.15) is 43.9 Å². The van der Waals surface area contributed by atoms with Crippen molar-refractivity contribution in [2.24, 2.45) is 5.92 Å². The van der Waals surface area contributed by atoms with E-state index in [9.17, 15) is 19.5 Å². The van der Waals surface area contributed by atoms with Crippen LogP contribution < -0.4 is 30.7 Å². The van der Waals surface area contributed by atoms with E-state index in [1.165, 1.54) is 0 Å². The first-order chi connectivity index (χ1) is 20.2. The fourth-order valence-electron chi connectivity index (χ4n) is 4.48. The molecule has 42 heavy (non-hydrogen) atoms. The highest BCUT2D eigenvalue weighted by Gasteiger charge is 2.27. The van der Waals surface area contributed by atoms with Crippen LogP contribution in [0.3, 0.4) is 0 Å². The van der Waals surface area contributed by atoms with E-state index < -0.39 is 24.0 Å². The van der Waals surface area contributed by atoms with Gasteiger partial charge in [0.2, 0.25) is 18.6 Å². The van der Waals surface area contributed by atoms with Crippen molar-refractivity contribution in [1.82, 2.24) is 10.6 Å². The molecule has 0 fully saturated rings. The quantitative estimate of drug-likeness (QED) is 0.191. The average Bonchev–Trinajstić information content (AvgIpc) is 3.41. The molecule has 0 saturated heterocycles. The van der Waals surface area contributed by atoms with Gasteiger partial charge in [0, 0.05) is 11.4 Å². The van der Waals surface area contributed by atoms with Gasteiger partial charge in [-0.15, -0.1) is 0 Å². The molecule has 3 aromatic rings. The van der Waals surface area contributed by atoms with Crippen molar-refractivity contribution >= 4 is 46.5 Å². The summed E-state index contributed by atoms with van der Waals surface area (Å²) in [4.78, 5) is 37.9. The van der Waals surface area contributed by atoms with Crippen molar-refractivity contribution < 1.29 is 29.0 Å². The number of rotatable bonds is 12. The number of carbonyl (C=O) groups is 3. The van der Waals surface area contributed by atoms with E-state index in [0.29, 0.717) is 28.6 Å². The second-order valence-electron chi connectivity index (χ2n) is 10.3. The molecule has 11 heteroatoms. The lowest BCUT2D eigenvalue weighted by molar-refractivity contribution is -0.138. The van der Waals surface area contributed by atoms with Crippen LogP contribution in [0, 0.1) is 5.92 Å². The Bertz CT molecular complexity index is 1410. The third-order valence-electron chi connectivity index (χ3n) is 6.46. The fourth-order valence-corrected chi connectivity index (χ4v) is 4.72. The molecule has 5 N–H and O–H groups in total. The minimum Gasteiger partial charge on any atom is -0.481 e. The molecule has 0 aromatic heterocycles. The van der Waals surface area contributed by atoms with Gasteiger partial charge >= 0.3 is 5.97 Å². The summed E-state index contributed by atoms with van der Waals surface area (Å²) in [6, 6.07) is 20.2. The summed E-state index contributed by atoms with van der Waals surface area (Å²) in [6.45, 7) is 3.97. The number of nitrogens with one attached hydrogen (secondary N) is 4.